The molecule has 1 heterocycles. The summed E-state index contributed by atoms with van der Waals surface area (Å²) in [6, 6.07) is -0.488. The molecule has 0 bridgehead atoms. The quantitative estimate of drug-likeness (QED) is 0.753. The van der Waals surface area contributed by atoms with Crippen molar-refractivity contribution in [3.05, 3.63) is 0 Å². The lowest BCUT2D eigenvalue weighted by Gasteiger charge is -2.41. The highest BCUT2D eigenvalue weighted by molar-refractivity contribution is 5.85. The van der Waals surface area contributed by atoms with Crippen molar-refractivity contribution in [1.82, 2.24) is 10.2 Å². The predicted molar refractivity (Wildman–Crippen MR) is 58.9 cm³/mol. The Balaban J connectivity index is 0.00000112. The van der Waals surface area contributed by atoms with Crippen LogP contribution in [0.2, 0.25) is 0 Å². The van der Waals surface area contributed by atoms with Crippen LogP contribution < -0.4 is 5.32 Å². The van der Waals surface area contributed by atoms with Gasteiger partial charge in [-0.25, -0.2) is 8.78 Å². The lowest BCUT2D eigenvalue weighted by molar-refractivity contribution is -0.108. The molecule has 1 saturated carbocycles. The lowest BCUT2D eigenvalue weighted by Crippen LogP contribution is -2.55. The summed E-state index contributed by atoms with van der Waals surface area (Å²) < 4.78 is 27.2. The smallest absolute Gasteiger partial charge is 0.263 e. The van der Waals surface area contributed by atoms with Crippen molar-refractivity contribution in [1.29, 1.82) is 0 Å². The first-order valence-electron chi connectivity index (χ1n) is 5.53. The van der Waals surface area contributed by atoms with Gasteiger partial charge in [0.05, 0.1) is 6.04 Å². The van der Waals surface area contributed by atoms with Crippen molar-refractivity contribution in [2.75, 3.05) is 26.2 Å². The summed E-state index contributed by atoms with van der Waals surface area (Å²) in [6.07, 6.45) is 2.41. The molecule has 0 aromatic heterocycles. The Hall–Kier alpha value is 0.0700. The number of alkyl halides is 2. The van der Waals surface area contributed by atoms with Gasteiger partial charge in [-0.3, -0.25) is 4.90 Å². The van der Waals surface area contributed by atoms with E-state index in [4.69, 9.17) is 0 Å². The molecule has 1 aliphatic carbocycles. The zero-order valence-electron chi connectivity index (χ0n) is 8.85. The Bertz CT molecular complexity index is 196. The Morgan fingerprint density at radius 1 is 1.13 bits per heavy atom. The molecular weight excluding hydrogens is 222 g/mol. The van der Waals surface area contributed by atoms with Gasteiger partial charge in [-0.2, -0.15) is 0 Å². The van der Waals surface area contributed by atoms with Crippen LogP contribution in [0, 0.1) is 0 Å². The molecule has 1 unspecified atom stereocenters. The Morgan fingerprint density at radius 2 is 1.80 bits per heavy atom. The summed E-state index contributed by atoms with van der Waals surface area (Å²) in [5.41, 5.74) is 0. The van der Waals surface area contributed by atoms with E-state index in [9.17, 15) is 8.78 Å². The summed E-state index contributed by atoms with van der Waals surface area (Å²) >= 11 is 0. The van der Waals surface area contributed by atoms with Crippen LogP contribution in [-0.2, 0) is 0 Å². The normalized spacial score (nSPS) is 32.0. The molecule has 2 rings (SSSR count). The van der Waals surface area contributed by atoms with Crippen molar-refractivity contribution in [2.45, 2.75) is 37.6 Å². The summed E-state index contributed by atoms with van der Waals surface area (Å²) in [5, 5.41) is 3.19. The van der Waals surface area contributed by atoms with E-state index in [-0.39, 0.29) is 18.8 Å². The highest BCUT2D eigenvalue weighted by Crippen LogP contribution is 2.36. The van der Waals surface area contributed by atoms with Gasteiger partial charge >= 0.3 is 0 Å². The minimum Gasteiger partial charge on any atom is -0.314 e. The molecule has 0 amide bonds. The first kappa shape index (κ1) is 13.1. The van der Waals surface area contributed by atoms with Gasteiger partial charge in [-0.05, 0) is 12.8 Å². The van der Waals surface area contributed by atoms with Crippen molar-refractivity contribution >= 4 is 12.4 Å². The molecule has 0 radical (unpaired) electrons. The zero-order chi connectivity index (χ0) is 10.0. The molecular formula is C10H19ClF2N2. The summed E-state index contributed by atoms with van der Waals surface area (Å²) in [6.45, 7) is 3.26. The minimum atomic E-state index is -2.45. The molecule has 1 saturated heterocycles. The molecule has 2 aliphatic rings. The molecule has 1 aliphatic heterocycles. The Kier molecular flexibility index (Phi) is 4.74. The van der Waals surface area contributed by atoms with Crippen LogP contribution >= 0.6 is 12.4 Å². The third-order valence-corrected chi connectivity index (χ3v) is 3.32. The lowest BCUT2D eigenvalue weighted by atomic mass is 9.90. The average molecular weight is 241 g/mol. The van der Waals surface area contributed by atoms with E-state index in [1.807, 2.05) is 4.90 Å². The number of piperazine rings is 1. The maximum Gasteiger partial charge on any atom is 0.263 e. The molecule has 0 aromatic rings. The summed E-state index contributed by atoms with van der Waals surface area (Å²) in [5.74, 6) is -2.45. The minimum absolute atomic E-state index is 0. The van der Waals surface area contributed by atoms with Crippen molar-refractivity contribution < 1.29 is 8.78 Å². The molecule has 0 aromatic carbocycles. The highest BCUT2D eigenvalue weighted by atomic mass is 35.5. The van der Waals surface area contributed by atoms with Crippen molar-refractivity contribution in [2.24, 2.45) is 0 Å². The number of nitrogens with one attached hydrogen (secondary N) is 1. The maximum absolute atomic E-state index is 13.6. The molecule has 2 fully saturated rings. The van der Waals surface area contributed by atoms with E-state index < -0.39 is 12.0 Å². The number of hydrogen-bond acceptors (Lipinski definition) is 2. The van der Waals surface area contributed by atoms with Crippen LogP contribution in [0.5, 0.6) is 0 Å². The van der Waals surface area contributed by atoms with Crippen LogP contribution in [0.3, 0.4) is 0 Å². The molecule has 0 spiro atoms. The van der Waals surface area contributed by atoms with Crippen LogP contribution in [0.4, 0.5) is 8.78 Å². The SMILES string of the molecule is Cl.FC1(F)CCCCC1N1CCNCC1. The summed E-state index contributed by atoms with van der Waals surface area (Å²) in [4.78, 5) is 1.97. The van der Waals surface area contributed by atoms with E-state index in [1.54, 1.807) is 0 Å². The Morgan fingerprint density at radius 3 is 2.40 bits per heavy atom. The highest BCUT2D eigenvalue weighted by Gasteiger charge is 2.44. The second kappa shape index (κ2) is 5.41. The van der Waals surface area contributed by atoms with Crippen LogP contribution in [0.15, 0.2) is 0 Å². The molecule has 2 nitrogen and oxygen atoms in total. The second-order valence-corrected chi connectivity index (χ2v) is 4.31. The van der Waals surface area contributed by atoms with Crippen LogP contribution in [0.1, 0.15) is 25.7 Å². The van der Waals surface area contributed by atoms with E-state index in [1.165, 1.54) is 0 Å². The molecule has 90 valence electrons. The van der Waals surface area contributed by atoms with Gasteiger partial charge in [0.1, 0.15) is 0 Å². The van der Waals surface area contributed by atoms with Gasteiger partial charge in [0.25, 0.3) is 5.92 Å². The number of halogens is 3. The fourth-order valence-electron chi connectivity index (χ4n) is 2.52. The first-order valence-corrected chi connectivity index (χ1v) is 5.53. The third kappa shape index (κ3) is 3.02. The van der Waals surface area contributed by atoms with E-state index in [0.717, 1.165) is 32.6 Å². The topological polar surface area (TPSA) is 15.3 Å². The van der Waals surface area contributed by atoms with Crippen molar-refractivity contribution in [3.8, 4) is 0 Å². The Labute approximate surface area is 95.8 Å². The fraction of sp³-hybridized carbons (Fsp3) is 1.00. The molecule has 15 heavy (non-hydrogen) atoms. The van der Waals surface area contributed by atoms with E-state index >= 15 is 0 Å². The largest absolute Gasteiger partial charge is 0.314 e. The molecule has 1 atom stereocenters. The zero-order valence-corrected chi connectivity index (χ0v) is 9.66. The third-order valence-electron chi connectivity index (χ3n) is 3.32. The molecule has 1 N–H and O–H groups in total. The van der Waals surface area contributed by atoms with Crippen LogP contribution in [-0.4, -0.2) is 43.0 Å². The maximum atomic E-state index is 13.6. The van der Waals surface area contributed by atoms with E-state index in [0.29, 0.717) is 12.8 Å². The average Bonchev–Trinajstić information content (AvgIpc) is 2.18. The number of hydrogen-bond donors (Lipinski definition) is 1. The number of rotatable bonds is 1. The fourth-order valence-corrected chi connectivity index (χ4v) is 2.52. The first-order chi connectivity index (χ1) is 6.70. The standard InChI is InChI=1S/C10H18F2N2.ClH/c11-10(12)4-2-1-3-9(10)14-7-5-13-6-8-14;/h9,13H,1-8H2;1H. The van der Waals surface area contributed by atoms with Gasteiger partial charge in [0.2, 0.25) is 0 Å². The van der Waals surface area contributed by atoms with E-state index in [2.05, 4.69) is 5.32 Å². The molecule has 5 heteroatoms. The van der Waals surface area contributed by atoms with Gasteiger partial charge in [0, 0.05) is 32.6 Å². The van der Waals surface area contributed by atoms with Gasteiger partial charge in [-0.15, -0.1) is 12.4 Å². The number of nitrogens with zero attached hydrogens (tertiary/aromatic N) is 1. The summed E-state index contributed by atoms with van der Waals surface area (Å²) in [7, 11) is 0. The predicted octanol–water partition coefficient (Wildman–Crippen LogP) is 1.89. The van der Waals surface area contributed by atoms with Gasteiger partial charge in [-0.1, -0.05) is 6.42 Å². The van der Waals surface area contributed by atoms with Crippen molar-refractivity contribution in [3.63, 3.8) is 0 Å². The monoisotopic (exact) mass is 240 g/mol. The van der Waals surface area contributed by atoms with Crippen LogP contribution in [0.25, 0.3) is 0 Å². The van der Waals surface area contributed by atoms with Gasteiger partial charge < -0.3 is 5.32 Å². The second-order valence-electron chi connectivity index (χ2n) is 4.31. The van der Waals surface area contributed by atoms with Gasteiger partial charge in [0.15, 0.2) is 0 Å².